The van der Waals surface area contributed by atoms with Crippen LogP contribution in [0.4, 0.5) is 0 Å². The number of para-hydroxylation sites is 1. The fraction of sp³-hybridized carbons (Fsp3) is 0.500. The smallest absolute Gasteiger partial charge is 0.306 e. The number of aromatic nitrogens is 1. The summed E-state index contributed by atoms with van der Waals surface area (Å²) in [6.45, 7) is -0.337. The van der Waals surface area contributed by atoms with Crippen LogP contribution in [0.1, 0.15) is 43.5 Å². The van der Waals surface area contributed by atoms with Gasteiger partial charge in [0.05, 0.1) is 21.6 Å². The first kappa shape index (κ1) is 16.9. The molecule has 5 nitrogen and oxygen atoms in total. The summed E-state index contributed by atoms with van der Waals surface area (Å²) in [4.78, 5) is 27.7. The van der Waals surface area contributed by atoms with Gasteiger partial charge in [-0.3, -0.25) is 9.59 Å². The number of primary amides is 1. The Labute approximate surface area is 145 Å². The van der Waals surface area contributed by atoms with Crippen LogP contribution in [0.3, 0.4) is 0 Å². The van der Waals surface area contributed by atoms with E-state index in [1.807, 2.05) is 18.2 Å². The average Bonchev–Trinajstić information content (AvgIpc) is 2.95. The third-order valence-corrected chi connectivity index (χ3v) is 5.71. The highest BCUT2D eigenvalue weighted by molar-refractivity contribution is 7.18. The first-order valence-electron chi connectivity index (χ1n) is 8.35. The van der Waals surface area contributed by atoms with Crippen LogP contribution >= 0.6 is 11.3 Å². The quantitative estimate of drug-likeness (QED) is 0.814. The number of carbonyl (C=O) groups is 2. The fourth-order valence-corrected chi connectivity index (χ4v) is 4.68. The van der Waals surface area contributed by atoms with Crippen LogP contribution < -0.4 is 5.73 Å². The minimum Gasteiger partial charge on any atom is -0.456 e. The molecule has 0 bridgehead atoms. The van der Waals surface area contributed by atoms with Gasteiger partial charge in [-0.15, -0.1) is 11.3 Å². The van der Waals surface area contributed by atoms with E-state index in [4.69, 9.17) is 15.5 Å². The Kier molecular flexibility index (Phi) is 5.14. The van der Waals surface area contributed by atoms with Crippen LogP contribution in [0.15, 0.2) is 24.3 Å². The van der Waals surface area contributed by atoms with E-state index >= 15 is 0 Å². The van der Waals surface area contributed by atoms with Crippen LogP contribution in [-0.2, 0) is 20.7 Å². The van der Waals surface area contributed by atoms with Gasteiger partial charge in [0, 0.05) is 6.42 Å². The van der Waals surface area contributed by atoms with E-state index < -0.39 is 5.91 Å². The molecule has 128 valence electrons. The maximum absolute atomic E-state index is 12.1. The highest BCUT2D eigenvalue weighted by Gasteiger charge is 2.36. The summed E-state index contributed by atoms with van der Waals surface area (Å²) in [5.41, 5.74) is 5.95. The number of hydrogen-bond donors (Lipinski definition) is 1. The van der Waals surface area contributed by atoms with E-state index in [0.717, 1.165) is 42.6 Å². The molecule has 1 aliphatic rings. The number of amides is 1. The van der Waals surface area contributed by atoms with Gasteiger partial charge in [0.25, 0.3) is 5.91 Å². The van der Waals surface area contributed by atoms with E-state index in [1.54, 1.807) is 11.3 Å². The van der Waals surface area contributed by atoms with Gasteiger partial charge >= 0.3 is 5.97 Å². The second kappa shape index (κ2) is 7.30. The van der Waals surface area contributed by atoms with Gasteiger partial charge in [0.2, 0.25) is 0 Å². The van der Waals surface area contributed by atoms with Crippen LogP contribution in [0.25, 0.3) is 10.2 Å². The van der Waals surface area contributed by atoms with Crippen LogP contribution in [0.5, 0.6) is 0 Å². The molecule has 0 saturated heterocycles. The molecule has 1 heterocycles. The number of nitrogens with two attached hydrogens (primary N) is 1. The average molecular weight is 346 g/mol. The van der Waals surface area contributed by atoms with E-state index in [9.17, 15) is 9.59 Å². The normalized spacial score (nSPS) is 16.8. The molecular weight excluding hydrogens is 324 g/mol. The molecule has 0 radical (unpaired) electrons. The summed E-state index contributed by atoms with van der Waals surface area (Å²) in [7, 11) is 0. The topological polar surface area (TPSA) is 82.3 Å². The maximum atomic E-state index is 12.1. The molecule has 24 heavy (non-hydrogen) atoms. The van der Waals surface area contributed by atoms with Crippen molar-refractivity contribution >= 4 is 33.4 Å². The highest BCUT2D eigenvalue weighted by Crippen LogP contribution is 2.43. The highest BCUT2D eigenvalue weighted by atomic mass is 32.1. The Bertz CT molecular complexity index is 702. The number of benzene rings is 1. The van der Waals surface area contributed by atoms with E-state index in [1.165, 1.54) is 11.1 Å². The summed E-state index contributed by atoms with van der Waals surface area (Å²) >= 11 is 1.70. The van der Waals surface area contributed by atoms with Crippen molar-refractivity contribution in [2.24, 2.45) is 11.1 Å². The van der Waals surface area contributed by atoms with Gasteiger partial charge in [-0.1, -0.05) is 31.4 Å². The number of hydrogen-bond acceptors (Lipinski definition) is 5. The van der Waals surface area contributed by atoms with Crippen molar-refractivity contribution in [2.75, 3.05) is 6.61 Å². The van der Waals surface area contributed by atoms with Crippen molar-refractivity contribution < 1.29 is 14.3 Å². The summed E-state index contributed by atoms with van der Waals surface area (Å²) < 4.78 is 6.17. The molecule has 1 aliphatic carbocycles. The van der Waals surface area contributed by atoms with Gasteiger partial charge < -0.3 is 10.5 Å². The van der Waals surface area contributed by atoms with E-state index in [-0.39, 0.29) is 18.0 Å². The Morgan fingerprint density at radius 2 is 1.96 bits per heavy atom. The number of ether oxygens (including phenoxy) is 1. The molecule has 1 saturated carbocycles. The fourth-order valence-electron chi connectivity index (χ4n) is 3.54. The van der Waals surface area contributed by atoms with Crippen LogP contribution in [-0.4, -0.2) is 23.5 Å². The molecule has 1 aromatic carbocycles. The first-order chi connectivity index (χ1) is 11.6. The molecule has 1 amide bonds. The summed E-state index contributed by atoms with van der Waals surface area (Å²) in [5, 5.41) is 1.07. The molecule has 3 rings (SSSR count). The molecule has 1 fully saturated rings. The predicted molar refractivity (Wildman–Crippen MR) is 93.6 cm³/mol. The maximum Gasteiger partial charge on any atom is 0.306 e. The lowest BCUT2D eigenvalue weighted by atomic mass is 9.70. The summed E-state index contributed by atoms with van der Waals surface area (Å²) in [5.74, 6) is -0.955. The largest absolute Gasteiger partial charge is 0.456 e. The summed E-state index contributed by atoms with van der Waals surface area (Å²) in [6.07, 6.45) is 6.55. The number of thiazole rings is 1. The zero-order valence-corrected chi connectivity index (χ0v) is 14.4. The molecule has 2 N–H and O–H groups in total. The zero-order chi connectivity index (χ0) is 17.0. The van der Waals surface area contributed by atoms with Crippen LogP contribution in [0, 0.1) is 5.41 Å². The standard InChI is InChI=1S/C18H22N2O3S/c19-15(21)12-23-17(22)11-18(8-4-1-5-9-18)10-16-20-13-6-2-3-7-14(13)24-16/h2-3,6-7H,1,4-5,8-12H2,(H2,19,21). The molecule has 0 unspecified atom stereocenters. The van der Waals surface area contributed by atoms with Gasteiger partial charge in [-0.2, -0.15) is 0 Å². The second-order valence-electron chi connectivity index (χ2n) is 6.62. The van der Waals surface area contributed by atoms with Crippen molar-refractivity contribution in [1.82, 2.24) is 4.98 Å². The van der Waals surface area contributed by atoms with Crippen LogP contribution in [0.2, 0.25) is 0 Å². The molecule has 6 heteroatoms. The number of esters is 1. The van der Waals surface area contributed by atoms with Crippen molar-refractivity contribution in [3.8, 4) is 0 Å². The third-order valence-electron chi connectivity index (χ3n) is 4.67. The van der Waals surface area contributed by atoms with Crippen molar-refractivity contribution in [1.29, 1.82) is 0 Å². The minimum atomic E-state index is -0.618. The lowest BCUT2D eigenvalue weighted by Gasteiger charge is -2.36. The zero-order valence-electron chi connectivity index (χ0n) is 13.6. The molecule has 0 spiro atoms. The molecule has 0 aliphatic heterocycles. The third kappa shape index (κ3) is 4.12. The molecule has 2 aromatic rings. The number of rotatable bonds is 6. The summed E-state index contributed by atoms with van der Waals surface area (Å²) in [6, 6.07) is 8.10. The van der Waals surface area contributed by atoms with Crippen molar-refractivity contribution in [3.05, 3.63) is 29.3 Å². The van der Waals surface area contributed by atoms with Crippen molar-refractivity contribution in [3.63, 3.8) is 0 Å². The lowest BCUT2D eigenvalue weighted by Crippen LogP contribution is -2.31. The van der Waals surface area contributed by atoms with Gasteiger partial charge in [0.15, 0.2) is 6.61 Å². The Morgan fingerprint density at radius 3 is 2.67 bits per heavy atom. The number of fused-ring (bicyclic) bond motifs is 1. The van der Waals surface area contributed by atoms with E-state index in [0.29, 0.717) is 6.42 Å². The Hall–Kier alpha value is -1.95. The molecule has 1 aromatic heterocycles. The lowest BCUT2D eigenvalue weighted by molar-refractivity contribution is -0.150. The van der Waals surface area contributed by atoms with Gasteiger partial charge in [-0.05, 0) is 30.4 Å². The van der Waals surface area contributed by atoms with Gasteiger partial charge in [-0.25, -0.2) is 4.98 Å². The Morgan fingerprint density at radius 1 is 1.21 bits per heavy atom. The van der Waals surface area contributed by atoms with Gasteiger partial charge in [0.1, 0.15) is 0 Å². The Balaban J connectivity index is 1.75. The first-order valence-corrected chi connectivity index (χ1v) is 9.16. The molecule has 0 atom stereocenters. The number of carbonyl (C=O) groups excluding carboxylic acids is 2. The predicted octanol–water partition coefficient (Wildman–Crippen LogP) is 3.21. The minimum absolute atomic E-state index is 0.110. The second-order valence-corrected chi connectivity index (χ2v) is 7.73. The SMILES string of the molecule is NC(=O)COC(=O)CC1(Cc2nc3ccccc3s2)CCCCC1. The number of nitrogens with zero attached hydrogens (tertiary/aromatic N) is 1. The monoisotopic (exact) mass is 346 g/mol. The van der Waals surface area contributed by atoms with Crippen molar-refractivity contribution in [2.45, 2.75) is 44.9 Å². The van der Waals surface area contributed by atoms with E-state index in [2.05, 4.69) is 6.07 Å². The molecular formula is C18H22N2O3S.